The van der Waals surface area contributed by atoms with Gasteiger partial charge in [-0.2, -0.15) is 0 Å². The summed E-state index contributed by atoms with van der Waals surface area (Å²) < 4.78 is 16.9. The summed E-state index contributed by atoms with van der Waals surface area (Å²) in [6, 6.07) is 0. The van der Waals surface area contributed by atoms with Crippen LogP contribution in [0.4, 0.5) is 0 Å². The minimum atomic E-state index is -0.790. The summed E-state index contributed by atoms with van der Waals surface area (Å²) in [6.07, 6.45) is 84.0. The van der Waals surface area contributed by atoms with E-state index in [9.17, 15) is 14.4 Å². The average molecular weight is 1040 g/mol. The van der Waals surface area contributed by atoms with Gasteiger partial charge < -0.3 is 14.2 Å². The zero-order valence-electron chi connectivity index (χ0n) is 49.3. The van der Waals surface area contributed by atoms with E-state index in [0.717, 1.165) is 122 Å². The lowest BCUT2D eigenvalue weighted by Gasteiger charge is -2.18. The highest BCUT2D eigenvalue weighted by Gasteiger charge is 2.19. The molecule has 6 heteroatoms. The molecule has 0 fully saturated rings. The summed E-state index contributed by atoms with van der Waals surface area (Å²) in [6.45, 7) is 6.52. The second-order valence-electron chi connectivity index (χ2n) is 20.9. The Morgan fingerprint density at radius 2 is 0.520 bits per heavy atom. The number of hydrogen-bond acceptors (Lipinski definition) is 6. The standard InChI is InChI=1S/C69H118O6/c1-4-7-10-13-16-19-22-25-27-29-31-33-34-36-37-39-41-44-47-50-53-56-59-62-68(71)74-65-66(64-73-67(70)61-58-55-52-49-46-43-24-21-18-15-12-9-6-3)75-69(72)63-60-57-54-51-48-45-42-40-38-35-32-30-28-26-23-20-17-14-11-8-5-2/h7,10,16,19,23,25-27,30-33,36-38,40,66H,4-6,8-9,11-15,17-18,20-22,24,28-29,34-35,39,41-65H2,1-3H3/b10-7-,19-16-,26-23-,27-25-,32-30-,33-31-,37-36-,40-38-. The van der Waals surface area contributed by atoms with Crippen LogP contribution in [0.15, 0.2) is 97.2 Å². The van der Waals surface area contributed by atoms with Crippen LogP contribution in [0.1, 0.15) is 303 Å². The zero-order chi connectivity index (χ0) is 54.3. The largest absolute Gasteiger partial charge is 0.462 e. The molecular weight excluding hydrogens is 925 g/mol. The Morgan fingerprint density at radius 1 is 0.280 bits per heavy atom. The monoisotopic (exact) mass is 1040 g/mol. The van der Waals surface area contributed by atoms with Crippen molar-refractivity contribution in [2.24, 2.45) is 0 Å². The van der Waals surface area contributed by atoms with Crippen LogP contribution in [-0.2, 0) is 28.6 Å². The molecule has 75 heavy (non-hydrogen) atoms. The van der Waals surface area contributed by atoms with Crippen molar-refractivity contribution in [2.45, 2.75) is 309 Å². The third kappa shape index (κ3) is 61.1. The van der Waals surface area contributed by atoms with E-state index >= 15 is 0 Å². The summed E-state index contributed by atoms with van der Waals surface area (Å²) in [5.41, 5.74) is 0. The molecule has 0 rings (SSSR count). The van der Waals surface area contributed by atoms with Crippen LogP contribution in [0.25, 0.3) is 0 Å². The molecule has 0 heterocycles. The number of hydrogen-bond donors (Lipinski definition) is 0. The maximum Gasteiger partial charge on any atom is 0.306 e. The number of rotatable bonds is 57. The van der Waals surface area contributed by atoms with Crippen molar-refractivity contribution in [3.05, 3.63) is 97.2 Å². The first kappa shape index (κ1) is 71.3. The molecule has 0 saturated heterocycles. The van der Waals surface area contributed by atoms with Crippen molar-refractivity contribution in [1.82, 2.24) is 0 Å². The van der Waals surface area contributed by atoms with Crippen LogP contribution >= 0.6 is 0 Å². The lowest BCUT2D eigenvalue weighted by Crippen LogP contribution is -2.30. The van der Waals surface area contributed by atoms with Crippen LogP contribution in [-0.4, -0.2) is 37.2 Å². The molecule has 6 nitrogen and oxygen atoms in total. The van der Waals surface area contributed by atoms with Gasteiger partial charge in [0, 0.05) is 19.3 Å². The highest BCUT2D eigenvalue weighted by atomic mass is 16.6. The van der Waals surface area contributed by atoms with Gasteiger partial charge in [0.15, 0.2) is 6.10 Å². The van der Waals surface area contributed by atoms with Crippen molar-refractivity contribution < 1.29 is 28.6 Å². The van der Waals surface area contributed by atoms with Gasteiger partial charge in [-0.15, -0.1) is 0 Å². The topological polar surface area (TPSA) is 78.9 Å². The number of carbonyl (C=O) groups is 3. The molecule has 0 aromatic carbocycles. The van der Waals surface area contributed by atoms with Crippen LogP contribution < -0.4 is 0 Å². The van der Waals surface area contributed by atoms with E-state index in [1.165, 1.54) is 141 Å². The first-order chi connectivity index (χ1) is 37.0. The lowest BCUT2D eigenvalue weighted by atomic mass is 10.0. The predicted octanol–water partition coefficient (Wildman–Crippen LogP) is 21.7. The van der Waals surface area contributed by atoms with Crippen LogP contribution in [0.3, 0.4) is 0 Å². The van der Waals surface area contributed by atoms with Gasteiger partial charge in [0.2, 0.25) is 0 Å². The second-order valence-corrected chi connectivity index (χ2v) is 20.9. The molecule has 0 N–H and O–H groups in total. The SMILES string of the molecule is CC/C=C\C/C=C\C/C=C\C/C=C\C/C=C\CCCCCCCCCC(=O)OCC(COC(=O)CCCCCCCCCCCCCCC)OC(=O)CCCCCCCC/C=C\C/C=C\C/C=C\CCCCCCC. The van der Waals surface area contributed by atoms with E-state index in [4.69, 9.17) is 14.2 Å². The second kappa shape index (κ2) is 62.9. The predicted molar refractivity (Wildman–Crippen MR) is 325 cm³/mol. The number of esters is 3. The molecule has 0 radical (unpaired) electrons. The molecule has 0 aromatic heterocycles. The maximum atomic E-state index is 12.9. The average Bonchev–Trinajstić information content (AvgIpc) is 3.41. The van der Waals surface area contributed by atoms with Crippen molar-refractivity contribution in [1.29, 1.82) is 0 Å². The first-order valence-electron chi connectivity index (χ1n) is 31.7. The van der Waals surface area contributed by atoms with Gasteiger partial charge in [-0.05, 0) is 103 Å². The van der Waals surface area contributed by atoms with Gasteiger partial charge in [-0.3, -0.25) is 14.4 Å². The minimum absolute atomic E-state index is 0.0846. The van der Waals surface area contributed by atoms with Gasteiger partial charge in [0.1, 0.15) is 13.2 Å². The minimum Gasteiger partial charge on any atom is -0.462 e. The Kier molecular flexibility index (Phi) is 59.8. The molecule has 0 aliphatic carbocycles. The summed E-state index contributed by atoms with van der Waals surface area (Å²) in [5.74, 6) is -0.899. The van der Waals surface area contributed by atoms with E-state index in [-0.39, 0.29) is 31.1 Å². The van der Waals surface area contributed by atoms with Crippen LogP contribution in [0.2, 0.25) is 0 Å². The fourth-order valence-electron chi connectivity index (χ4n) is 8.83. The molecule has 0 spiro atoms. The molecule has 0 amide bonds. The van der Waals surface area contributed by atoms with Crippen molar-refractivity contribution in [2.75, 3.05) is 13.2 Å². The highest BCUT2D eigenvalue weighted by molar-refractivity contribution is 5.71. The summed E-state index contributed by atoms with van der Waals surface area (Å²) in [5, 5.41) is 0. The number of allylic oxidation sites excluding steroid dienone is 16. The Balaban J connectivity index is 4.39. The van der Waals surface area contributed by atoms with E-state index < -0.39 is 6.10 Å². The molecule has 0 aliphatic rings. The van der Waals surface area contributed by atoms with Crippen molar-refractivity contribution >= 4 is 17.9 Å². The molecule has 0 saturated carbocycles. The number of carbonyl (C=O) groups excluding carboxylic acids is 3. The van der Waals surface area contributed by atoms with E-state index in [0.29, 0.717) is 19.3 Å². The van der Waals surface area contributed by atoms with Gasteiger partial charge in [0.25, 0.3) is 0 Å². The quantitative estimate of drug-likeness (QED) is 0.0261. The summed E-state index contributed by atoms with van der Waals surface area (Å²) in [4.78, 5) is 38.3. The maximum absolute atomic E-state index is 12.9. The summed E-state index contributed by atoms with van der Waals surface area (Å²) >= 11 is 0. The number of unbranched alkanes of at least 4 members (excludes halogenated alkanes) is 30. The van der Waals surface area contributed by atoms with Crippen molar-refractivity contribution in [3.8, 4) is 0 Å². The molecule has 0 bridgehead atoms. The molecule has 1 atom stereocenters. The fraction of sp³-hybridized carbons (Fsp3) is 0.725. The molecule has 1 unspecified atom stereocenters. The Bertz CT molecular complexity index is 1480. The molecular formula is C69H118O6. The van der Waals surface area contributed by atoms with Crippen LogP contribution in [0, 0.1) is 0 Å². The molecule has 0 aliphatic heterocycles. The van der Waals surface area contributed by atoms with Crippen LogP contribution in [0.5, 0.6) is 0 Å². The third-order valence-electron chi connectivity index (χ3n) is 13.6. The Morgan fingerprint density at radius 3 is 0.813 bits per heavy atom. The van der Waals surface area contributed by atoms with Gasteiger partial charge in [-0.1, -0.05) is 279 Å². The number of ether oxygens (including phenoxy) is 3. The Hall–Kier alpha value is -3.67. The summed E-state index contributed by atoms with van der Waals surface area (Å²) in [7, 11) is 0. The van der Waals surface area contributed by atoms with Gasteiger partial charge in [-0.25, -0.2) is 0 Å². The van der Waals surface area contributed by atoms with Gasteiger partial charge >= 0.3 is 17.9 Å². The van der Waals surface area contributed by atoms with E-state index in [2.05, 4.69) is 118 Å². The normalized spacial score (nSPS) is 12.7. The zero-order valence-corrected chi connectivity index (χ0v) is 49.3. The van der Waals surface area contributed by atoms with E-state index in [1.807, 2.05) is 0 Å². The first-order valence-corrected chi connectivity index (χ1v) is 31.7. The van der Waals surface area contributed by atoms with Gasteiger partial charge in [0.05, 0.1) is 0 Å². The Labute approximate surface area is 464 Å². The third-order valence-corrected chi connectivity index (χ3v) is 13.6. The smallest absolute Gasteiger partial charge is 0.306 e. The molecule has 0 aromatic rings. The van der Waals surface area contributed by atoms with E-state index in [1.54, 1.807) is 0 Å². The lowest BCUT2D eigenvalue weighted by molar-refractivity contribution is -0.167. The fourth-order valence-corrected chi connectivity index (χ4v) is 8.83. The highest BCUT2D eigenvalue weighted by Crippen LogP contribution is 2.16. The van der Waals surface area contributed by atoms with Crippen molar-refractivity contribution in [3.63, 3.8) is 0 Å². The molecule has 430 valence electrons.